The lowest BCUT2D eigenvalue weighted by molar-refractivity contribution is 0.671. The number of nitrogens with zero attached hydrogens (tertiary/aromatic N) is 2. The van der Waals surface area contributed by atoms with Crippen molar-refractivity contribution in [3.63, 3.8) is 0 Å². The summed E-state index contributed by atoms with van der Waals surface area (Å²) in [5.41, 5.74) is 3.04. The molecule has 1 rings (SSSR count). The second-order valence-corrected chi connectivity index (χ2v) is 4.40. The Morgan fingerprint density at radius 3 is 2.50 bits per heavy atom. The Morgan fingerprint density at radius 1 is 1.38 bits per heavy atom. The van der Waals surface area contributed by atoms with Crippen LogP contribution in [0.3, 0.4) is 0 Å². The molecule has 86 valence electrons. The summed E-state index contributed by atoms with van der Waals surface area (Å²) >= 11 is 0. The van der Waals surface area contributed by atoms with E-state index in [1.54, 1.807) is 0 Å². The smallest absolute Gasteiger partial charge is 0.0994 e. The van der Waals surface area contributed by atoms with Gasteiger partial charge in [-0.05, 0) is 51.0 Å². The van der Waals surface area contributed by atoms with Crippen LogP contribution in [0.1, 0.15) is 38.3 Å². The molecule has 0 saturated heterocycles. The van der Waals surface area contributed by atoms with Gasteiger partial charge in [0.25, 0.3) is 0 Å². The minimum atomic E-state index is 0.493. The van der Waals surface area contributed by atoms with Crippen LogP contribution in [-0.4, -0.2) is 12.6 Å². The fourth-order valence-electron chi connectivity index (χ4n) is 1.88. The zero-order chi connectivity index (χ0) is 12.1. The molecule has 0 N–H and O–H groups in total. The van der Waals surface area contributed by atoms with Crippen molar-refractivity contribution in [3.8, 4) is 6.07 Å². The van der Waals surface area contributed by atoms with Crippen molar-refractivity contribution in [3.05, 3.63) is 29.3 Å². The van der Waals surface area contributed by atoms with Crippen molar-refractivity contribution >= 4 is 5.69 Å². The van der Waals surface area contributed by atoms with E-state index in [0.29, 0.717) is 6.04 Å². The summed E-state index contributed by atoms with van der Waals surface area (Å²) in [6, 6.07) is 8.76. The van der Waals surface area contributed by atoms with Gasteiger partial charge in [0.05, 0.1) is 11.6 Å². The average molecular weight is 216 g/mol. The maximum atomic E-state index is 8.90. The molecule has 0 fully saturated rings. The van der Waals surface area contributed by atoms with Crippen LogP contribution < -0.4 is 4.90 Å². The Hall–Kier alpha value is -1.49. The van der Waals surface area contributed by atoms with E-state index in [1.807, 2.05) is 19.1 Å². The molecule has 0 amide bonds. The van der Waals surface area contributed by atoms with Crippen molar-refractivity contribution < 1.29 is 0 Å². The van der Waals surface area contributed by atoms with E-state index in [9.17, 15) is 0 Å². The number of rotatable bonds is 4. The predicted octanol–water partition coefficient (Wildman–Crippen LogP) is 3.49. The van der Waals surface area contributed by atoms with Gasteiger partial charge in [0.15, 0.2) is 0 Å². The molecule has 0 spiro atoms. The van der Waals surface area contributed by atoms with Gasteiger partial charge in [0, 0.05) is 18.3 Å². The van der Waals surface area contributed by atoms with Gasteiger partial charge in [0.1, 0.15) is 0 Å². The third-order valence-corrected chi connectivity index (χ3v) is 2.75. The first kappa shape index (κ1) is 12.6. The van der Waals surface area contributed by atoms with Crippen LogP contribution >= 0.6 is 0 Å². The van der Waals surface area contributed by atoms with Crippen molar-refractivity contribution in [1.29, 1.82) is 5.26 Å². The number of hydrogen-bond acceptors (Lipinski definition) is 2. The Labute approximate surface area is 98.5 Å². The van der Waals surface area contributed by atoms with E-state index in [2.05, 4.69) is 37.8 Å². The van der Waals surface area contributed by atoms with Crippen LogP contribution in [0, 0.1) is 18.3 Å². The Kier molecular flexibility index (Phi) is 4.37. The Morgan fingerprint density at radius 2 is 2.06 bits per heavy atom. The molecule has 0 atom stereocenters. The Bertz CT molecular complexity index is 388. The molecule has 0 aliphatic heterocycles. The quantitative estimate of drug-likeness (QED) is 0.770. The van der Waals surface area contributed by atoms with Crippen LogP contribution in [0.5, 0.6) is 0 Å². The minimum Gasteiger partial charge on any atom is -0.369 e. The highest BCUT2D eigenvalue weighted by atomic mass is 15.1. The van der Waals surface area contributed by atoms with Gasteiger partial charge in [0.2, 0.25) is 0 Å². The van der Waals surface area contributed by atoms with Crippen LogP contribution in [0.15, 0.2) is 18.2 Å². The molecule has 1 aromatic carbocycles. The number of anilines is 1. The van der Waals surface area contributed by atoms with Crippen molar-refractivity contribution in [1.82, 2.24) is 0 Å². The molecule has 0 heterocycles. The van der Waals surface area contributed by atoms with Gasteiger partial charge in [-0.25, -0.2) is 0 Å². The molecule has 0 aromatic heterocycles. The van der Waals surface area contributed by atoms with E-state index in [1.165, 1.54) is 5.69 Å². The maximum Gasteiger partial charge on any atom is 0.0994 e. The van der Waals surface area contributed by atoms with Gasteiger partial charge in [-0.1, -0.05) is 6.92 Å². The van der Waals surface area contributed by atoms with Gasteiger partial charge in [-0.2, -0.15) is 5.26 Å². The highest BCUT2D eigenvalue weighted by molar-refractivity contribution is 5.53. The molecule has 0 aliphatic rings. The molecule has 2 heteroatoms. The summed E-state index contributed by atoms with van der Waals surface area (Å²) in [5.74, 6) is 0. The summed E-state index contributed by atoms with van der Waals surface area (Å²) in [4.78, 5) is 2.37. The van der Waals surface area contributed by atoms with Crippen molar-refractivity contribution in [2.24, 2.45) is 0 Å². The third-order valence-electron chi connectivity index (χ3n) is 2.75. The molecule has 0 unspecified atom stereocenters. The molecule has 0 bridgehead atoms. The lowest BCUT2D eigenvalue weighted by atomic mass is 10.1. The fourth-order valence-corrected chi connectivity index (χ4v) is 1.88. The van der Waals surface area contributed by atoms with E-state index < -0.39 is 0 Å². The lowest BCUT2D eigenvalue weighted by Gasteiger charge is -2.29. The molecular formula is C14H20N2. The van der Waals surface area contributed by atoms with E-state index in [0.717, 1.165) is 24.1 Å². The highest BCUT2D eigenvalue weighted by Crippen LogP contribution is 2.21. The largest absolute Gasteiger partial charge is 0.369 e. The van der Waals surface area contributed by atoms with Crippen LogP contribution in [0.4, 0.5) is 5.69 Å². The first-order chi connectivity index (χ1) is 7.60. The summed E-state index contributed by atoms with van der Waals surface area (Å²) in [7, 11) is 0. The van der Waals surface area contributed by atoms with Crippen LogP contribution in [-0.2, 0) is 0 Å². The molecule has 1 aromatic rings. The number of aryl methyl sites for hydroxylation is 1. The van der Waals surface area contributed by atoms with Gasteiger partial charge < -0.3 is 4.90 Å². The second-order valence-electron chi connectivity index (χ2n) is 4.40. The average Bonchev–Trinajstić information content (AvgIpc) is 2.25. The molecule has 2 nitrogen and oxygen atoms in total. The van der Waals surface area contributed by atoms with E-state index in [4.69, 9.17) is 5.26 Å². The molecule has 0 radical (unpaired) electrons. The SMILES string of the molecule is CCCN(c1ccc(C#N)c(C)c1)C(C)C. The number of benzene rings is 1. The summed E-state index contributed by atoms with van der Waals surface area (Å²) in [6.07, 6.45) is 1.14. The van der Waals surface area contributed by atoms with E-state index >= 15 is 0 Å². The van der Waals surface area contributed by atoms with Gasteiger partial charge in [-0.15, -0.1) is 0 Å². The first-order valence-corrected chi connectivity index (χ1v) is 5.87. The van der Waals surface area contributed by atoms with Gasteiger partial charge >= 0.3 is 0 Å². The number of nitriles is 1. The monoisotopic (exact) mass is 216 g/mol. The maximum absolute atomic E-state index is 8.90. The molecule has 0 saturated carbocycles. The van der Waals surface area contributed by atoms with E-state index in [-0.39, 0.29) is 0 Å². The number of hydrogen-bond donors (Lipinski definition) is 0. The molecular weight excluding hydrogens is 196 g/mol. The summed E-state index contributed by atoms with van der Waals surface area (Å²) < 4.78 is 0. The lowest BCUT2D eigenvalue weighted by Crippen LogP contribution is -2.31. The third kappa shape index (κ3) is 2.76. The highest BCUT2D eigenvalue weighted by Gasteiger charge is 2.10. The standard InChI is InChI=1S/C14H20N2/c1-5-8-16(11(2)3)14-7-6-13(10-15)12(4)9-14/h6-7,9,11H,5,8H2,1-4H3. The summed E-state index contributed by atoms with van der Waals surface area (Å²) in [5, 5.41) is 8.90. The Balaban J connectivity index is 3.03. The predicted molar refractivity (Wildman–Crippen MR) is 68.7 cm³/mol. The summed E-state index contributed by atoms with van der Waals surface area (Å²) in [6.45, 7) is 9.63. The first-order valence-electron chi connectivity index (χ1n) is 5.87. The molecule has 0 aliphatic carbocycles. The van der Waals surface area contributed by atoms with Crippen LogP contribution in [0.2, 0.25) is 0 Å². The topological polar surface area (TPSA) is 27.0 Å². The fraction of sp³-hybridized carbons (Fsp3) is 0.500. The van der Waals surface area contributed by atoms with Crippen molar-refractivity contribution in [2.75, 3.05) is 11.4 Å². The second kappa shape index (κ2) is 5.55. The van der Waals surface area contributed by atoms with Gasteiger partial charge in [-0.3, -0.25) is 0 Å². The minimum absolute atomic E-state index is 0.493. The van der Waals surface area contributed by atoms with Crippen molar-refractivity contribution in [2.45, 2.75) is 40.2 Å². The zero-order valence-corrected chi connectivity index (χ0v) is 10.6. The zero-order valence-electron chi connectivity index (χ0n) is 10.6. The normalized spacial score (nSPS) is 10.2. The molecule has 16 heavy (non-hydrogen) atoms. The van der Waals surface area contributed by atoms with Crippen LogP contribution in [0.25, 0.3) is 0 Å².